The normalized spacial score (nSPS) is 20.2. The van der Waals surface area contributed by atoms with Crippen LogP contribution in [-0.4, -0.2) is 68.8 Å². The highest BCUT2D eigenvalue weighted by atomic mass is 19.4. The van der Waals surface area contributed by atoms with E-state index < -0.39 is 11.9 Å². The number of likely N-dealkylation sites (tertiary alicyclic amines) is 2. The molecule has 0 unspecified atom stereocenters. The van der Waals surface area contributed by atoms with Gasteiger partial charge in [0.1, 0.15) is 17.8 Å². The number of H-pyrrole nitrogens is 1. The predicted octanol–water partition coefficient (Wildman–Crippen LogP) is 2.28. The van der Waals surface area contributed by atoms with Crippen LogP contribution in [0, 0.1) is 5.92 Å². The molecule has 2 aliphatic rings. The molecule has 0 radical (unpaired) electrons. The van der Waals surface area contributed by atoms with Gasteiger partial charge in [-0.05, 0) is 18.1 Å². The van der Waals surface area contributed by atoms with Crippen molar-refractivity contribution in [3.05, 3.63) is 41.7 Å². The van der Waals surface area contributed by atoms with Crippen LogP contribution in [0.5, 0.6) is 0 Å². The van der Waals surface area contributed by atoms with Crippen molar-refractivity contribution in [2.24, 2.45) is 5.92 Å². The highest BCUT2D eigenvalue weighted by molar-refractivity contribution is 5.75. The van der Waals surface area contributed by atoms with E-state index in [0.717, 1.165) is 18.3 Å². The lowest BCUT2D eigenvalue weighted by Crippen LogP contribution is -2.55. The molecule has 4 rings (SSSR count). The highest BCUT2D eigenvalue weighted by Gasteiger charge is 2.37. The number of pyridine rings is 1. The van der Waals surface area contributed by atoms with Gasteiger partial charge in [0.2, 0.25) is 0 Å². The Morgan fingerprint density at radius 1 is 1.24 bits per heavy atom. The maximum Gasteiger partial charge on any atom is 0.433 e. The fourth-order valence-electron chi connectivity index (χ4n) is 3.62. The van der Waals surface area contributed by atoms with Gasteiger partial charge >= 0.3 is 12.2 Å². The summed E-state index contributed by atoms with van der Waals surface area (Å²) in [6, 6.07) is 2.34. The van der Waals surface area contributed by atoms with Crippen LogP contribution in [0.1, 0.15) is 29.4 Å². The zero-order chi connectivity index (χ0) is 20.4. The van der Waals surface area contributed by atoms with Crippen LogP contribution in [0.25, 0.3) is 0 Å². The SMILES string of the molecule is O=C(N1CC(COCc2ccc(C(F)(F)F)nc2)C1)N1CC[C@H](c2nnc[nH]2)C1. The molecule has 4 heterocycles. The number of carbonyl (C=O) groups excluding carboxylic acids is 1. The minimum Gasteiger partial charge on any atom is -0.376 e. The van der Waals surface area contributed by atoms with Crippen molar-refractivity contribution >= 4 is 6.03 Å². The second kappa shape index (κ2) is 7.97. The van der Waals surface area contributed by atoms with Gasteiger partial charge in [0.05, 0.1) is 13.2 Å². The number of urea groups is 1. The second-order valence-corrected chi connectivity index (χ2v) is 7.42. The lowest BCUT2D eigenvalue weighted by molar-refractivity contribution is -0.141. The zero-order valence-corrected chi connectivity index (χ0v) is 15.6. The number of aromatic amines is 1. The van der Waals surface area contributed by atoms with Gasteiger partial charge in [0.25, 0.3) is 0 Å². The van der Waals surface area contributed by atoms with E-state index in [0.29, 0.717) is 38.3 Å². The van der Waals surface area contributed by atoms with Crippen molar-refractivity contribution in [1.29, 1.82) is 0 Å². The number of nitrogens with zero attached hydrogens (tertiary/aromatic N) is 5. The number of carbonyl (C=O) groups is 1. The van der Waals surface area contributed by atoms with Crippen molar-refractivity contribution in [2.75, 3.05) is 32.8 Å². The summed E-state index contributed by atoms with van der Waals surface area (Å²) in [5.74, 6) is 1.24. The molecule has 156 valence electrons. The molecule has 0 saturated carbocycles. The van der Waals surface area contributed by atoms with Crippen molar-refractivity contribution in [1.82, 2.24) is 30.0 Å². The number of rotatable bonds is 5. The number of amides is 2. The van der Waals surface area contributed by atoms with Crippen molar-refractivity contribution in [3.63, 3.8) is 0 Å². The largest absolute Gasteiger partial charge is 0.433 e. The summed E-state index contributed by atoms with van der Waals surface area (Å²) in [4.78, 5) is 22.6. The molecule has 0 spiro atoms. The monoisotopic (exact) mass is 410 g/mol. The lowest BCUT2D eigenvalue weighted by atomic mass is 10.0. The lowest BCUT2D eigenvalue weighted by Gasteiger charge is -2.41. The number of halogens is 3. The maximum atomic E-state index is 12.6. The summed E-state index contributed by atoms with van der Waals surface area (Å²) in [5.41, 5.74) is -0.331. The van der Waals surface area contributed by atoms with E-state index in [1.807, 2.05) is 4.90 Å². The van der Waals surface area contributed by atoms with Crippen LogP contribution >= 0.6 is 0 Å². The first-order valence-corrected chi connectivity index (χ1v) is 9.40. The Labute approximate surface area is 165 Å². The van der Waals surface area contributed by atoms with Crippen LogP contribution < -0.4 is 0 Å². The molecule has 11 heteroatoms. The molecule has 1 N–H and O–H groups in total. The molecule has 2 amide bonds. The molecular formula is C18H21F3N6O2. The third kappa shape index (κ3) is 4.50. The smallest absolute Gasteiger partial charge is 0.376 e. The van der Waals surface area contributed by atoms with E-state index in [9.17, 15) is 18.0 Å². The summed E-state index contributed by atoms with van der Waals surface area (Å²) in [6.07, 6.45) is -0.855. The van der Waals surface area contributed by atoms with Crippen LogP contribution in [0.15, 0.2) is 24.7 Å². The molecule has 2 saturated heterocycles. The Hall–Kier alpha value is -2.69. The third-order valence-electron chi connectivity index (χ3n) is 5.25. The van der Waals surface area contributed by atoms with Crippen LogP contribution in [0.2, 0.25) is 0 Å². The fourth-order valence-corrected chi connectivity index (χ4v) is 3.62. The van der Waals surface area contributed by atoms with E-state index in [2.05, 4.69) is 20.2 Å². The Morgan fingerprint density at radius 3 is 2.72 bits per heavy atom. The summed E-state index contributed by atoms with van der Waals surface area (Å²) >= 11 is 0. The number of aromatic nitrogens is 4. The van der Waals surface area contributed by atoms with Crippen LogP contribution in [0.3, 0.4) is 0 Å². The first-order valence-electron chi connectivity index (χ1n) is 9.40. The maximum absolute atomic E-state index is 12.6. The molecule has 2 aromatic rings. The topological polar surface area (TPSA) is 87.2 Å². The summed E-state index contributed by atoms with van der Waals surface area (Å²) in [7, 11) is 0. The molecule has 2 fully saturated rings. The molecule has 29 heavy (non-hydrogen) atoms. The van der Waals surface area contributed by atoms with Gasteiger partial charge in [-0.25, -0.2) is 4.79 Å². The molecular weight excluding hydrogens is 389 g/mol. The molecule has 0 aromatic carbocycles. The molecule has 2 aliphatic heterocycles. The third-order valence-corrected chi connectivity index (χ3v) is 5.25. The quantitative estimate of drug-likeness (QED) is 0.817. The number of hydrogen-bond donors (Lipinski definition) is 1. The summed E-state index contributed by atoms with van der Waals surface area (Å²) in [6.45, 7) is 3.21. The predicted molar refractivity (Wildman–Crippen MR) is 94.7 cm³/mol. The average molecular weight is 410 g/mol. The molecule has 2 aromatic heterocycles. The molecule has 1 atom stereocenters. The van der Waals surface area contributed by atoms with Crippen LogP contribution in [0.4, 0.5) is 18.0 Å². The number of ether oxygens (including phenoxy) is 1. The van der Waals surface area contributed by atoms with Crippen molar-refractivity contribution < 1.29 is 22.7 Å². The Balaban J connectivity index is 1.16. The number of alkyl halides is 3. The number of hydrogen-bond acceptors (Lipinski definition) is 5. The standard InChI is InChI=1S/C18H21F3N6O2/c19-18(20,21)15-2-1-12(5-22-15)9-29-10-13-6-27(7-13)17(28)26-4-3-14(8-26)16-23-11-24-25-16/h1-2,5,11,13-14H,3-4,6-10H2,(H,23,24,25)/t14-/m0/s1. The van der Waals surface area contributed by atoms with Gasteiger partial charge in [-0.2, -0.15) is 13.2 Å². The zero-order valence-electron chi connectivity index (χ0n) is 15.6. The Morgan fingerprint density at radius 2 is 2.07 bits per heavy atom. The first kappa shape index (κ1) is 19.6. The molecule has 0 bridgehead atoms. The van der Waals surface area contributed by atoms with E-state index in [-0.39, 0.29) is 24.5 Å². The minimum absolute atomic E-state index is 0.0233. The average Bonchev–Trinajstić information content (AvgIpc) is 3.34. The summed E-state index contributed by atoms with van der Waals surface area (Å²) < 4.78 is 43.1. The second-order valence-electron chi connectivity index (χ2n) is 7.42. The van der Waals surface area contributed by atoms with Crippen molar-refractivity contribution in [3.8, 4) is 0 Å². The molecule has 8 nitrogen and oxygen atoms in total. The van der Waals surface area contributed by atoms with Crippen molar-refractivity contribution in [2.45, 2.75) is 25.1 Å². The minimum atomic E-state index is -4.44. The van der Waals surface area contributed by atoms with Gasteiger partial charge in [-0.3, -0.25) is 4.98 Å². The fraction of sp³-hybridized carbons (Fsp3) is 0.556. The van der Waals surface area contributed by atoms with E-state index in [1.165, 1.54) is 12.3 Å². The Kier molecular flexibility index (Phi) is 5.39. The first-order chi connectivity index (χ1) is 13.9. The van der Waals surface area contributed by atoms with Gasteiger partial charge in [-0.1, -0.05) is 6.07 Å². The summed E-state index contributed by atoms with van der Waals surface area (Å²) in [5, 5.41) is 7.81. The highest BCUT2D eigenvalue weighted by Crippen LogP contribution is 2.28. The van der Waals surface area contributed by atoms with Crippen LogP contribution in [-0.2, 0) is 17.5 Å². The Bertz CT molecular complexity index is 821. The van der Waals surface area contributed by atoms with Gasteiger partial charge in [0.15, 0.2) is 0 Å². The van der Waals surface area contributed by atoms with Gasteiger partial charge in [0, 0.05) is 44.2 Å². The molecule has 0 aliphatic carbocycles. The van der Waals surface area contributed by atoms with E-state index in [4.69, 9.17) is 4.74 Å². The van der Waals surface area contributed by atoms with Gasteiger partial charge in [-0.15, -0.1) is 10.2 Å². The van der Waals surface area contributed by atoms with Gasteiger partial charge < -0.3 is 19.5 Å². The van der Waals surface area contributed by atoms with E-state index >= 15 is 0 Å². The number of nitrogens with one attached hydrogen (secondary N) is 1. The van der Waals surface area contributed by atoms with E-state index in [1.54, 1.807) is 11.2 Å².